The van der Waals surface area contributed by atoms with Gasteiger partial charge in [-0.15, -0.1) is 0 Å². The molecule has 3 nitrogen and oxygen atoms in total. The molecule has 0 amide bonds. The maximum absolute atomic E-state index is 10.8. The van der Waals surface area contributed by atoms with E-state index in [2.05, 4.69) is 13.5 Å². The number of esters is 1. The predicted octanol–water partition coefficient (Wildman–Crippen LogP) is 4.26. The van der Waals surface area contributed by atoms with Crippen LogP contribution in [0.5, 0.6) is 0 Å². The van der Waals surface area contributed by atoms with Gasteiger partial charge in [-0.3, -0.25) is 0 Å². The summed E-state index contributed by atoms with van der Waals surface area (Å²) in [6.07, 6.45) is 11.9. The van der Waals surface area contributed by atoms with Crippen molar-refractivity contribution in [3.05, 3.63) is 12.7 Å². The molecule has 112 valence electrons. The fourth-order valence-corrected chi connectivity index (χ4v) is 1.80. The summed E-state index contributed by atoms with van der Waals surface area (Å²) in [5.74, 6) is -0.319. The Morgan fingerprint density at radius 2 is 1.42 bits per heavy atom. The van der Waals surface area contributed by atoms with E-state index in [-0.39, 0.29) is 5.97 Å². The van der Waals surface area contributed by atoms with Crippen molar-refractivity contribution in [2.45, 2.75) is 64.7 Å². The summed E-state index contributed by atoms with van der Waals surface area (Å²) in [5, 5.41) is 0. The average Bonchev–Trinajstić information content (AvgIpc) is 2.43. The summed E-state index contributed by atoms with van der Waals surface area (Å²) < 4.78 is 10.5. The van der Waals surface area contributed by atoms with Crippen molar-refractivity contribution in [1.29, 1.82) is 0 Å². The molecule has 0 spiro atoms. The summed E-state index contributed by atoms with van der Waals surface area (Å²) in [5.41, 5.74) is 0. The maximum atomic E-state index is 10.8. The quantitative estimate of drug-likeness (QED) is 0.269. The standard InChI is InChI=1S/C16H30O3/c1-3-5-10-13-18-14-11-8-6-7-9-12-15-19-16(17)4-2/h4H,2-3,5-15H2,1H3. The second-order valence-electron chi connectivity index (χ2n) is 4.81. The molecule has 0 N–H and O–H groups in total. The molecule has 0 fully saturated rings. The summed E-state index contributed by atoms with van der Waals surface area (Å²) in [7, 11) is 0. The van der Waals surface area contributed by atoms with Crippen molar-refractivity contribution in [3.8, 4) is 0 Å². The Kier molecular flexibility index (Phi) is 14.6. The lowest BCUT2D eigenvalue weighted by Gasteiger charge is -2.04. The Morgan fingerprint density at radius 1 is 0.895 bits per heavy atom. The smallest absolute Gasteiger partial charge is 0.330 e. The van der Waals surface area contributed by atoms with Gasteiger partial charge in [-0.25, -0.2) is 4.79 Å². The van der Waals surface area contributed by atoms with Crippen LogP contribution in [0.3, 0.4) is 0 Å². The minimum absolute atomic E-state index is 0.319. The van der Waals surface area contributed by atoms with E-state index < -0.39 is 0 Å². The molecule has 0 unspecified atom stereocenters. The van der Waals surface area contributed by atoms with Gasteiger partial charge in [0.2, 0.25) is 0 Å². The molecule has 0 aromatic heterocycles. The Labute approximate surface area is 118 Å². The third-order valence-corrected chi connectivity index (χ3v) is 2.99. The Morgan fingerprint density at radius 3 is 2.00 bits per heavy atom. The van der Waals surface area contributed by atoms with Crippen LogP contribution in [0.4, 0.5) is 0 Å². The molecule has 0 saturated carbocycles. The molecule has 0 saturated heterocycles. The van der Waals surface area contributed by atoms with E-state index in [1.165, 1.54) is 44.6 Å². The molecular weight excluding hydrogens is 240 g/mol. The molecule has 0 aliphatic rings. The van der Waals surface area contributed by atoms with E-state index in [4.69, 9.17) is 9.47 Å². The van der Waals surface area contributed by atoms with Gasteiger partial charge in [0.1, 0.15) is 0 Å². The minimum atomic E-state index is -0.319. The zero-order valence-corrected chi connectivity index (χ0v) is 12.5. The van der Waals surface area contributed by atoms with Crippen molar-refractivity contribution < 1.29 is 14.3 Å². The lowest BCUT2D eigenvalue weighted by atomic mass is 10.1. The van der Waals surface area contributed by atoms with Gasteiger partial charge in [-0.05, 0) is 19.3 Å². The number of carbonyl (C=O) groups excluding carboxylic acids is 1. The van der Waals surface area contributed by atoms with Gasteiger partial charge in [0.05, 0.1) is 6.61 Å². The monoisotopic (exact) mass is 270 g/mol. The predicted molar refractivity (Wildman–Crippen MR) is 79.2 cm³/mol. The third-order valence-electron chi connectivity index (χ3n) is 2.99. The fraction of sp³-hybridized carbons (Fsp3) is 0.812. The van der Waals surface area contributed by atoms with Crippen LogP contribution < -0.4 is 0 Å². The topological polar surface area (TPSA) is 35.5 Å². The molecular formula is C16H30O3. The van der Waals surface area contributed by atoms with E-state index in [0.717, 1.165) is 32.5 Å². The van der Waals surface area contributed by atoms with E-state index >= 15 is 0 Å². The first-order chi connectivity index (χ1) is 9.31. The zero-order chi connectivity index (χ0) is 14.2. The summed E-state index contributed by atoms with van der Waals surface area (Å²) in [4.78, 5) is 10.8. The van der Waals surface area contributed by atoms with Crippen LogP contribution in [-0.4, -0.2) is 25.8 Å². The molecule has 0 radical (unpaired) electrons. The highest BCUT2D eigenvalue weighted by molar-refractivity contribution is 5.81. The summed E-state index contributed by atoms with van der Waals surface area (Å²) >= 11 is 0. The van der Waals surface area contributed by atoms with E-state index in [1.54, 1.807) is 0 Å². The number of carbonyl (C=O) groups is 1. The molecule has 0 heterocycles. The fourth-order valence-electron chi connectivity index (χ4n) is 1.80. The molecule has 0 aliphatic carbocycles. The van der Waals surface area contributed by atoms with Gasteiger partial charge in [0, 0.05) is 19.3 Å². The van der Waals surface area contributed by atoms with Gasteiger partial charge in [0.15, 0.2) is 0 Å². The number of hydrogen-bond donors (Lipinski definition) is 0. The summed E-state index contributed by atoms with van der Waals surface area (Å²) in [6, 6.07) is 0. The highest BCUT2D eigenvalue weighted by atomic mass is 16.5. The molecule has 3 heteroatoms. The van der Waals surface area contributed by atoms with Gasteiger partial charge >= 0.3 is 5.97 Å². The minimum Gasteiger partial charge on any atom is -0.463 e. The first kappa shape index (κ1) is 18.2. The second-order valence-corrected chi connectivity index (χ2v) is 4.81. The number of unbranched alkanes of at least 4 members (excludes halogenated alkanes) is 7. The van der Waals surface area contributed by atoms with Gasteiger partial charge < -0.3 is 9.47 Å². The van der Waals surface area contributed by atoms with Crippen LogP contribution in [0.2, 0.25) is 0 Å². The largest absolute Gasteiger partial charge is 0.463 e. The van der Waals surface area contributed by atoms with E-state index in [0.29, 0.717) is 6.61 Å². The highest BCUT2D eigenvalue weighted by Crippen LogP contribution is 2.06. The first-order valence-electron chi connectivity index (χ1n) is 7.68. The van der Waals surface area contributed by atoms with Crippen LogP contribution in [0.25, 0.3) is 0 Å². The Bertz CT molecular complexity index is 214. The zero-order valence-electron chi connectivity index (χ0n) is 12.5. The first-order valence-corrected chi connectivity index (χ1v) is 7.68. The molecule has 0 aromatic carbocycles. The number of hydrogen-bond acceptors (Lipinski definition) is 3. The maximum Gasteiger partial charge on any atom is 0.330 e. The van der Waals surface area contributed by atoms with Crippen molar-refractivity contribution in [2.24, 2.45) is 0 Å². The lowest BCUT2D eigenvalue weighted by molar-refractivity contribution is -0.137. The van der Waals surface area contributed by atoms with E-state index in [9.17, 15) is 4.79 Å². The molecule has 19 heavy (non-hydrogen) atoms. The highest BCUT2D eigenvalue weighted by Gasteiger charge is 1.96. The van der Waals surface area contributed by atoms with Crippen LogP contribution in [0.15, 0.2) is 12.7 Å². The molecule has 0 aromatic rings. The van der Waals surface area contributed by atoms with Crippen LogP contribution in [-0.2, 0) is 14.3 Å². The van der Waals surface area contributed by atoms with Crippen molar-refractivity contribution >= 4 is 5.97 Å². The van der Waals surface area contributed by atoms with Gasteiger partial charge in [-0.1, -0.05) is 52.0 Å². The van der Waals surface area contributed by atoms with Crippen molar-refractivity contribution in [2.75, 3.05) is 19.8 Å². The Balaban J connectivity index is 2.99. The van der Waals surface area contributed by atoms with E-state index in [1.807, 2.05) is 0 Å². The SMILES string of the molecule is C=CC(=O)OCCCCCCCCOCCCCC. The van der Waals surface area contributed by atoms with Crippen LogP contribution in [0.1, 0.15) is 64.7 Å². The lowest BCUT2D eigenvalue weighted by Crippen LogP contribution is -2.01. The average molecular weight is 270 g/mol. The second kappa shape index (κ2) is 15.2. The number of ether oxygens (including phenoxy) is 2. The number of rotatable bonds is 14. The van der Waals surface area contributed by atoms with Crippen LogP contribution in [0, 0.1) is 0 Å². The third kappa shape index (κ3) is 15.1. The van der Waals surface area contributed by atoms with Gasteiger partial charge in [0.25, 0.3) is 0 Å². The van der Waals surface area contributed by atoms with Crippen molar-refractivity contribution in [1.82, 2.24) is 0 Å². The van der Waals surface area contributed by atoms with Crippen molar-refractivity contribution in [3.63, 3.8) is 0 Å². The molecule has 0 atom stereocenters. The Hall–Kier alpha value is -0.830. The molecule has 0 bridgehead atoms. The van der Waals surface area contributed by atoms with Gasteiger partial charge in [-0.2, -0.15) is 0 Å². The molecule has 0 rings (SSSR count). The summed E-state index contributed by atoms with van der Waals surface area (Å²) in [6.45, 7) is 7.90. The normalized spacial score (nSPS) is 10.4. The molecule has 0 aliphatic heterocycles. The van der Waals surface area contributed by atoms with Crippen LogP contribution >= 0.6 is 0 Å².